The second-order valence-electron chi connectivity index (χ2n) is 2.35. The van der Waals surface area contributed by atoms with Crippen LogP contribution in [0, 0.1) is 0 Å². The summed E-state index contributed by atoms with van der Waals surface area (Å²) in [4.78, 5) is 15.0. The third-order valence-corrected chi connectivity index (χ3v) is 1.49. The van der Waals surface area contributed by atoms with E-state index in [1.807, 2.05) is 6.92 Å². The van der Waals surface area contributed by atoms with Gasteiger partial charge in [0.15, 0.2) is 11.7 Å². The molecule has 0 radical (unpaired) electrons. The van der Waals surface area contributed by atoms with E-state index in [1.165, 1.54) is 0 Å². The first kappa shape index (κ1) is 10.1. The maximum absolute atomic E-state index is 11.0. The maximum Gasteiger partial charge on any atom is 0.180 e. The van der Waals surface area contributed by atoms with E-state index >= 15 is 0 Å². The molecule has 0 saturated carbocycles. The highest BCUT2D eigenvalue weighted by Gasteiger charge is 2.08. The van der Waals surface area contributed by atoms with Gasteiger partial charge in [-0.15, -0.1) is 0 Å². The summed E-state index contributed by atoms with van der Waals surface area (Å²) in [6.45, 7) is 5.34. The number of ketones is 1. The Bertz CT molecular complexity index is 163. The lowest BCUT2D eigenvalue weighted by molar-refractivity contribution is -0.119. The molecule has 0 fully saturated rings. The van der Waals surface area contributed by atoms with Crippen molar-refractivity contribution in [2.75, 3.05) is 7.11 Å². The van der Waals surface area contributed by atoms with Gasteiger partial charge < -0.3 is 4.74 Å². The number of aliphatic imine (C=N–C) groups is 1. The van der Waals surface area contributed by atoms with E-state index in [-0.39, 0.29) is 11.8 Å². The van der Waals surface area contributed by atoms with Crippen LogP contribution in [0.5, 0.6) is 0 Å². The summed E-state index contributed by atoms with van der Waals surface area (Å²) in [5.41, 5.74) is 0. The number of carbonyl (C=O) groups excluding carboxylic acids is 1. The topological polar surface area (TPSA) is 38.7 Å². The third-order valence-electron chi connectivity index (χ3n) is 1.49. The van der Waals surface area contributed by atoms with Gasteiger partial charge in [0.2, 0.25) is 0 Å². The van der Waals surface area contributed by atoms with Gasteiger partial charge in [0.05, 0.1) is 7.11 Å². The van der Waals surface area contributed by atoms with Crippen molar-refractivity contribution in [2.24, 2.45) is 4.99 Å². The molecule has 0 aliphatic heterocycles. The van der Waals surface area contributed by atoms with Crippen LogP contribution in [0.1, 0.15) is 27.2 Å². The molecule has 3 nitrogen and oxygen atoms in total. The molecule has 3 heteroatoms. The Balaban J connectivity index is 4.04. The van der Waals surface area contributed by atoms with Gasteiger partial charge in [0, 0.05) is 13.3 Å². The van der Waals surface area contributed by atoms with E-state index in [4.69, 9.17) is 4.74 Å². The molecule has 1 unspecified atom stereocenters. The van der Waals surface area contributed by atoms with Crippen molar-refractivity contribution in [2.45, 2.75) is 33.2 Å². The number of Topliss-reactive ketones (excluding diaryl/α,β-unsaturated/α-hetero) is 1. The SMILES string of the molecule is CCC(=O)C(C)N=C(C)OC. The minimum atomic E-state index is -0.264. The number of hydrogen-bond donors (Lipinski definition) is 0. The van der Waals surface area contributed by atoms with Crippen molar-refractivity contribution in [3.63, 3.8) is 0 Å². The van der Waals surface area contributed by atoms with Crippen LogP contribution in [0.25, 0.3) is 0 Å². The normalized spacial score (nSPS) is 14.4. The fraction of sp³-hybridized carbons (Fsp3) is 0.750. The molecule has 0 amide bonds. The number of ether oxygens (including phenoxy) is 1. The molecule has 0 aliphatic carbocycles. The third kappa shape index (κ3) is 3.75. The lowest BCUT2D eigenvalue weighted by Gasteiger charge is -2.04. The molecule has 11 heavy (non-hydrogen) atoms. The number of hydrogen-bond acceptors (Lipinski definition) is 3. The molecule has 0 N–H and O–H groups in total. The highest BCUT2D eigenvalue weighted by atomic mass is 16.5. The van der Waals surface area contributed by atoms with Crippen LogP contribution >= 0.6 is 0 Å². The summed E-state index contributed by atoms with van der Waals surface area (Å²) in [6, 6.07) is -0.264. The Labute approximate surface area is 67.5 Å². The Morgan fingerprint density at radius 3 is 2.55 bits per heavy atom. The summed E-state index contributed by atoms with van der Waals surface area (Å²) < 4.78 is 4.81. The van der Waals surface area contributed by atoms with Gasteiger partial charge in [-0.3, -0.25) is 4.79 Å². The molecule has 0 aromatic rings. The zero-order chi connectivity index (χ0) is 8.85. The smallest absolute Gasteiger partial charge is 0.180 e. The molecule has 0 aromatic heterocycles. The molecule has 0 aliphatic rings. The monoisotopic (exact) mass is 157 g/mol. The molecule has 0 bridgehead atoms. The van der Waals surface area contributed by atoms with E-state index in [9.17, 15) is 4.79 Å². The fourth-order valence-electron chi connectivity index (χ4n) is 0.693. The zero-order valence-electron chi connectivity index (χ0n) is 7.55. The van der Waals surface area contributed by atoms with Crippen LogP contribution in [-0.4, -0.2) is 24.8 Å². The van der Waals surface area contributed by atoms with Crippen molar-refractivity contribution < 1.29 is 9.53 Å². The highest BCUT2D eigenvalue weighted by Crippen LogP contribution is 1.96. The van der Waals surface area contributed by atoms with E-state index in [2.05, 4.69) is 4.99 Å². The molecule has 0 saturated heterocycles. The minimum absolute atomic E-state index is 0.140. The fourth-order valence-corrected chi connectivity index (χ4v) is 0.693. The van der Waals surface area contributed by atoms with E-state index in [0.29, 0.717) is 12.3 Å². The van der Waals surface area contributed by atoms with Crippen molar-refractivity contribution in [3.05, 3.63) is 0 Å². The lowest BCUT2D eigenvalue weighted by atomic mass is 10.2. The van der Waals surface area contributed by atoms with Gasteiger partial charge >= 0.3 is 0 Å². The summed E-state index contributed by atoms with van der Waals surface area (Å²) in [7, 11) is 1.54. The van der Waals surface area contributed by atoms with Crippen LogP contribution in [0.4, 0.5) is 0 Å². The molecule has 1 atom stereocenters. The number of methoxy groups -OCH3 is 1. The predicted octanol–water partition coefficient (Wildman–Crippen LogP) is 1.42. The number of carbonyl (C=O) groups is 1. The Kier molecular flexibility index (Phi) is 4.50. The summed E-state index contributed by atoms with van der Waals surface area (Å²) in [5, 5.41) is 0. The van der Waals surface area contributed by atoms with Gasteiger partial charge in [-0.05, 0) is 6.92 Å². The second kappa shape index (κ2) is 4.88. The molecule has 0 heterocycles. The van der Waals surface area contributed by atoms with Gasteiger partial charge in [0.1, 0.15) is 6.04 Å². The highest BCUT2D eigenvalue weighted by molar-refractivity contribution is 5.86. The molecular weight excluding hydrogens is 142 g/mol. The Hall–Kier alpha value is -0.860. The first-order valence-corrected chi connectivity index (χ1v) is 3.72. The van der Waals surface area contributed by atoms with Crippen LogP contribution < -0.4 is 0 Å². The summed E-state index contributed by atoms with van der Waals surface area (Å²) in [6.07, 6.45) is 0.529. The lowest BCUT2D eigenvalue weighted by Crippen LogP contribution is -2.15. The molecule has 0 spiro atoms. The van der Waals surface area contributed by atoms with Crippen LogP contribution in [0.15, 0.2) is 4.99 Å². The maximum atomic E-state index is 11.0. The van der Waals surface area contributed by atoms with Crippen molar-refractivity contribution in [1.82, 2.24) is 0 Å². The van der Waals surface area contributed by atoms with Crippen LogP contribution in [0.3, 0.4) is 0 Å². The summed E-state index contributed by atoms with van der Waals surface area (Å²) >= 11 is 0. The Morgan fingerprint density at radius 1 is 1.64 bits per heavy atom. The number of rotatable bonds is 3. The average molecular weight is 157 g/mol. The van der Waals surface area contributed by atoms with Gasteiger partial charge in [0.25, 0.3) is 0 Å². The van der Waals surface area contributed by atoms with Gasteiger partial charge in [-0.1, -0.05) is 6.92 Å². The first-order valence-electron chi connectivity index (χ1n) is 3.72. The van der Waals surface area contributed by atoms with E-state index in [1.54, 1.807) is 21.0 Å². The van der Waals surface area contributed by atoms with E-state index < -0.39 is 0 Å². The van der Waals surface area contributed by atoms with Gasteiger partial charge in [-0.25, -0.2) is 4.99 Å². The van der Waals surface area contributed by atoms with E-state index in [0.717, 1.165) is 0 Å². The van der Waals surface area contributed by atoms with Crippen LogP contribution in [-0.2, 0) is 9.53 Å². The average Bonchev–Trinajstić information content (AvgIpc) is 2.02. The van der Waals surface area contributed by atoms with Crippen molar-refractivity contribution in [1.29, 1.82) is 0 Å². The van der Waals surface area contributed by atoms with Crippen molar-refractivity contribution in [3.8, 4) is 0 Å². The number of nitrogens with zero attached hydrogens (tertiary/aromatic N) is 1. The van der Waals surface area contributed by atoms with Crippen LogP contribution in [0.2, 0.25) is 0 Å². The van der Waals surface area contributed by atoms with Crippen molar-refractivity contribution >= 4 is 11.7 Å². The quantitative estimate of drug-likeness (QED) is 0.459. The largest absolute Gasteiger partial charge is 0.484 e. The Morgan fingerprint density at radius 2 is 2.18 bits per heavy atom. The molecule has 0 aromatic carbocycles. The summed E-state index contributed by atoms with van der Waals surface area (Å²) in [5.74, 6) is 0.695. The zero-order valence-corrected chi connectivity index (χ0v) is 7.55. The van der Waals surface area contributed by atoms with Gasteiger partial charge in [-0.2, -0.15) is 0 Å². The molecular formula is C8H15NO2. The minimum Gasteiger partial charge on any atom is -0.484 e. The standard InChI is InChI=1S/C8H15NO2/c1-5-8(10)6(2)9-7(3)11-4/h6H,5H2,1-4H3. The molecule has 0 rings (SSSR count). The molecule has 64 valence electrons. The first-order chi connectivity index (χ1) is 5.11. The second-order valence-corrected chi connectivity index (χ2v) is 2.35. The predicted molar refractivity (Wildman–Crippen MR) is 44.9 cm³/mol.